The fourth-order valence-electron chi connectivity index (χ4n) is 0. The van der Waals surface area contributed by atoms with Crippen LogP contribution < -0.4 is 0 Å². The molecule has 0 unspecified atom stereocenters. The van der Waals surface area contributed by atoms with E-state index >= 15 is 0 Å². The van der Waals surface area contributed by atoms with Gasteiger partial charge in [-0.25, -0.2) is 0 Å². The normalized spacial score (nSPS) is 0. The van der Waals surface area contributed by atoms with Gasteiger partial charge < -0.3 is 0 Å². The van der Waals surface area contributed by atoms with Gasteiger partial charge in [0.05, 0.1) is 0 Å². The molecule has 0 aliphatic carbocycles. The SMILES string of the molecule is [Au+].[Au+].[Au+].[Au+].[Au+].[Au+].[Au+].[Au+]. The van der Waals surface area contributed by atoms with Crippen molar-refractivity contribution in [1.82, 2.24) is 0 Å². The molecule has 0 nitrogen and oxygen atoms in total. The van der Waals surface area contributed by atoms with Crippen molar-refractivity contribution < 1.29 is 179 Å². The van der Waals surface area contributed by atoms with Gasteiger partial charge in [0.1, 0.15) is 0 Å². The van der Waals surface area contributed by atoms with Crippen LogP contribution in [0, 0.1) is 0 Å². The van der Waals surface area contributed by atoms with Crippen molar-refractivity contribution in [3.05, 3.63) is 0 Å². The standard InChI is InChI=1S/8Au/q8*+1. The molecular weight excluding hydrogens is 1580 g/mol. The maximum atomic E-state index is 0. The quantitative estimate of drug-likeness (QED) is 0.300. The summed E-state index contributed by atoms with van der Waals surface area (Å²) in [6.45, 7) is 0. The molecule has 0 saturated heterocycles. The van der Waals surface area contributed by atoms with E-state index in [1.807, 2.05) is 0 Å². The van der Waals surface area contributed by atoms with Crippen LogP contribution in [-0.2, 0) is 179 Å². The van der Waals surface area contributed by atoms with Crippen LogP contribution in [0.2, 0.25) is 0 Å². The average molecular weight is 1580 g/mol. The summed E-state index contributed by atoms with van der Waals surface area (Å²) in [6.07, 6.45) is 0. The summed E-state index contributed by atoms with van der Waals surface area (Å²) < 4.78 is 0. The Balaban J connectivity index is 0. The van der Waals surface area contributed by atoms with Crippen LogP contribution in [0.4, 0.5) is 0 Å². The summed E-state index contributed by atoms with van der Waals surface area (Å²) >= 11 is 0. The molecule has 8 heavy (non-hydrogen) atoms. The van der Waals surface area contributed by atoms with Gasteiger partial charge in [-0.05, 0) is 0 Å². The minimum absolute atomic E-state index is 0. The van der Waals surface area contributed by atoms with Crippen molar-refractivity contribution in [1.29, 1.82) is 0 Å². The van der Waals surface area contributed by atoms with E-state index in [4.69, 9.17) is 0 Å². The third-order valence-electron chi connectivity index (χ3n) is 0. The summed E-state index contributed by atoms with van der Waals surface area (Å²) in [5.74, 6) is 0. The van der Waals surface area contributed by atoms with Gasteiger partial charge in [0.25, 0.3) is 0 Å². The fraction of sp³-hybridized carbons (Fsp3) is 0. The van der Waals surface area contributed by atoms with E-state index < -0.39 is 0 Å². The van der Waals surface area contributed by atoms with E-state index in [2.05, 4.69) is 0 Å². The molecule has 0 saturated carbocycles. The second kappa shape index (κ2) is 52.4. The van der Waals surface area contributed by atoms with Gasteiger partial charge in [0.15, 0.2) is 0 Å². The van der Waals surface area contributed by atoms with Crippen molar-refractivity contribution in [2.75, 3.05) is 0 Å². The molecule has 0 N–H and O–H groups in total. The molecule has 0 amide bonds. The smallest absolute Gasteiger partial charge is 1.00 e. The zero-order valence-corrected chi connectivity index (χ0v) is 19.7. The molecule has 0 fully saturated rings. The van der Waals surface area contributed by atoms with Crippen LogP contribution in [-0.4, -0.2) is 0 Å². The molecule has 0 atom stereocenters. The van der Waals surface area contributed by atoms with E-state index in [9.17, 15) is 0 Å². The molecule has 8 heteroatoms. The van der Waals surface area contributed by atoms with Gasteiger partial charge in [0.2, 0.25) is 0 Å². The second-order valence-electron chi connectivity index (χ2n) is 0. The number of rotatable bonds is 0. The zero-order valence-electron chi connectivity index (χ0n) is 2.41. The van der Waals surface area contributed by atoms with E-state index in [1.54, 1.807) is 0 Å². The van der Waals surface area contributed by atoms with Gasteiger partial charge in [-0.3, -0.25) is 0 Å². The topological polar surface area (TPSA) is 0 Å². The number of hydrogen-bond acceptors (Lipinski definition) is 0. The molecule has 0 bridgehead atoms. The van der Waals surface area contributed by atoms with Crippen LogP contribution in [0.5, 0.6) is 0 Å². The van der Waals surface area contributed by atoms with Gasteiger partial charge >= 0.3 is 179 Å². The summed E-state index contributed by atoms with van der Waals surface area (Å²) in [4.78, 5) is 0. The van der Waals surface area contributed by atoms with Gasteiger partial charge in [-0.15, -0.1) is 0 Å². The van der Waals surface area contributed by atoms with Crippen LogP contribution in [0.15, 0.2) is 0 Å². The zero-order chi connectivity index (χ0) is 0. The van der Waals surface area contributed by atoms with Crippen molar-refractivity contribution in [2.24, 2.45) is 0 Å². The first-order valence-electron chi connectivity index (χ1n) is 0. The Morgan fingerprint density at radius 3 is 0.125 bits per heavy atom. The third-order valence-corrected chi connectivity index (χ3v) is 0. The second-order valence-corrected chi connectivity index (χ2v) is 0. The molecule has 0 heterocycles. The molecule has 0 rings (SSSR count). The Morgan fingerprint density at radius 1 is 0.125 bits per heavy atom. The molecule has 0 aromatic rings. The third kappa shape index (κ3) is 40.6. The van der Waals surface area contributed by atoms with Gasteiger partial charge in [-0.2, -0.15) is 0 Å². The predicted octanol–water partition coefficient (Wildman–Crippen LogP) is -0.0200. The maximum Gasteiger partial charge on any atom is 1.00 e. The Bertz CT molecular complexity index is 0. The molecule has 0 aromatic heterocycles. The van der Waals surface area contributed by atoms with E-state index in [1.165, 1.54) is 0 Å². The molecule has 0 aliphatic rings. The van der Waals surface area contributed by atoms with E-state index in [0.29, 0.717) is 0 Å². The Morgan fingerprint density at radius 2 is 0.125 bits per heavy atom. The van der Waals surface area contributed by atoms with Crippen LogP contribution in [0.1, 0.15) is 0 Å². The maximum absolute atomic E-state index is 0. The van der Waals surface area contributed by atoms with Crippen LogP contribution >= 0.6 is 0 Å². The molecular formula is Au8+8. The number of hydrogen-bond donors (Lipinski definition) is 0. The Labute approximate surface area is 174 Å². The van der Waals surface area contributed by atoms with Crippen molar-refractivity contribution in [3.8, 4) is 0 Å². The van der Waals surface area contributed by atoms with Gasteiger partial charge in [0, 0.05) is 0 Å². The molecule has 0 spiro atoms. The van der Waals surface area contributed by atoms with Crippen molar-refractivity contribution >= 4 is 0 Å². The minimum atomic E-state index is 0. The molecule has 0 radical (unpaired) electrons. The molecule has 0 aliphatic heterocycles. The largest absolute Gasteiger partial charge is 1.00 e. The Kier molecular flexibility index (Phi) is 434. The Hall–Kier alpha value is 5.92. The first-order chi connectivity index (χ1) is 0. The van der Waals surface area contributed by atoms with Gasteiger partial charge in [-0.1, -0.05) is 0 Å². The fourth-order valence-corrected chi connectivity index (χ4v) is 0. The summed E-state index contributed by atoms with van der Waals surface area (Å²) in [5, 5.41) is 0. The molecule has 80 valence electrons. The van der Waals surface area contributed by atoms with Crippen molar-refractivity contribution in [2.45, 2.75) is 0 Å². The van der Waals surface area contributed by atoms with E-state index in [0.717, 1.165) is 0 Å². The summed E-state index contributed by atoms with van der Waals surface area (Å²) in [6, 6.07) is 0. The minimum Gasteiger partial charge on any atom is 1.00 e. The average Bonchev–Trinajstić information content (AvgIpc) is 0. The monoisotopic (exact) mass is 1580 g/mol. The summed E-state index contributed by atoms with van der Waals surface area (Å²) in [7, 11) is 0. The van der Waals surface area contributed by atoms with E-state index in [-0.39, 0.29) is 179 Å². The first kappa shape index (κ1) is 66.3. The van der Waals surface area contributed by atoms with Crippen molar-refractivity contribution in [3.63, 3.8) is 0 Å². The summed E-state index contributed by atoms with van der Waals surface area (Å²) in [5.41, 5.74) is 0. The first-order valence-corrected chi connectivity index (χ1v) is 0. The van der Waals surface area contributed by atoms with Crippen LogP contribution in [0.25, 0.3) is 0 Å². The van der Waals surface area contributed by atoms with Crippen LogP contribution in [0.3, 0.4) is 0 Å². The predicted molar refractivity (Wildman–Crippen MR) is 0 cm³/mol. The molecule has 0 aromatic carbocycles.